The standard InChI is InChI=1S/C20H17NO2S2/c22-17-11-9-16(10-12-17)13-14-21-19(23)18(25-20(21)24)8-4-7-15-5-2-1-3-6-15/h1-12,22H,13-14H2/b7-4-,18-8+. The molecule has 0 bridgehead atoms. The third-order valence-electron chi connectivity index (χ3n) is 3.77. The van der Waals surface area contributed by atoms with Gasteiger partial charge in [0.1, 0.15) is 10.1 Å². The molecule has 1 saturated heterocycles. The fraction of sp³-hybridized carbons (Fsp3) is 0.100. The number of aromatic hydroxyl groups is 1. The molecule has 1 aliphatic rings. The summed E-state index contributed by atoms with van der Waals surface area (Å²) >= 11 is 6.67. The summed E-state index contributed by atoms with van der Waals surface area (Å²) in [6, 6.07) is 16.9. The molecule has 0 aromatic heterocycles. The minimum absolute atomic E-state index is 0.0495. The average molecular weight is 367 g/mol. The quantitative estimate of drug-likeness (QED) is 0.628. The molecule has 1 fully saturated rings. The molecule has 3 nitrogen and oxygen atoms in total. The van der Waals surface area contributed by atoms with Crippen molar-refractivity contribution in [1.82, 2.24) is 4.90 Å². The van der Waals surface area contributed by atoms with Gasteiger partial charge in [-0.1, -0.05) is 78.6 Å². The summed E-state index contributed by atoms with van der Waals surface area (Å²) in [6.45, 7) is 0.537. The molecule has 0 radical (unpaired) electrons. The first-order valence-electron chi connectivity index (χ1n) is 7.88. The van der Waals surface area contributed by atoms with Crippen LogP contribution < -0.4 is 0 Å². The summed E-state index contributed by atoms with van der Waals surface area (Å²) in [6.07, 6.45) is 6.34. The number of phenols is 1. The number of nitrogens with zero attached hydrogens (tertiary/aromatic N) is 1. The van der Waals surface area contributed by atoms with Gasteiger partial charge in [-0.3, -0.25) is 9.69 Å². The van der Waals surface area contributed by atoms with E-state index in [1.807, 2.05) is 60.7 Å². The van der Waals surface area contributed by atoms with E-state index in [1.165, 1.54) is 11.8 Å². The zero-order valence-electron chi connectivity index (χ0n) is 13.5. The number of thiocarbonyl (C=S) groups is 1. The van der Waals surface area contributed by atoms with E-state index in [1.54, 1.807) is 17.0 Å². The number of carbonyl (C=O) groups excluding carboxylic acids is 1. The Hall–Kier alpha value is -2.37. The van der Waals surface area contributed by atoms with E-state index in [9.17, 15) is 9.90 Å². The summed E-state index contributed by atoms with van der Waals surface area (Å²) in [7, 11) is 0. The number of benzene rings is 2. The zero-order valence-corrected chi connectivity index (χ0v) is 15.1. The van der Waals surface area contributed by atoms with Gasteiger partial charge in [0.15, 0.2) is 0 Å². The van der Waals surface area contributed by atoms with Crippen LogP contribution in [0.4, 0.5) is 0 Å². The van der Waals surface area contributed by atoms with Gasteiger partial charge in [-0.05, 0) is 35.8 Å². The monoisotopic (exact) mass is 367 g/mol. The van der Waals surface area contributed by atoms with E-state index in [-0.39, 0.29) is 11.7 Å². The molecule has 0 spiro atoms. The van der Waals surface area contributed by atoms with Gasteiger partial charge < -0.3 is 5.11 Å². The van der Waals surface area contributed by atoms with Crippen molar-refractivity contribution in [2.24, 2.45) is 0 Å². The predicted octanol–water partition coefficient (Wildman–Crippen LogP) is 4.39. The van der Waals surface area contributed by atoms with Crippen molar-refractivity contribution in [3.05, 3.63) is 82.8 Å². The first kappa shape index (κ1) is 17.5. The van der Waals surface area contributed by atoms with E-state index < -0.39 is 0 Å². The van der Waals surface area contributed by atoms with Crippen molar-refractivity contribution in [2.45, 2.75) is 6.42 Å². The van der Waals surface area contributed by atoms with E-state index in [0.717, 1.165) is 11.1 Å². The number of allylic oxidation sites excluding steroid dienone is 2. The number of carbonyl (C=O) groups is 1. The molecule has 25 heavy (non-hydrogen) atoms. The Labute approximate surface area is 156 Å². The zero-order chi connectivity index (χ0) is 17.6. The SMILES string of the molecule is O=C1/C(=C\C=C/c2ccccc2)SC(=S)N1CCc1ccc(O)cc1. The molecule has 126 valence electrons. The minimum Gasteiger partial charge on any atom is -0.508 e. The van der Waals surface area contributed by atoms with Crippen LogP contribution in [-0.4, -0.2) is 26.8 Å². The Morgan fingerprint density at radius 2 is 1.80 bits per heavy atom. The van der Waals surface area contributed by atoms with Gasteiger partial charge in [-0.25, -0.2) is 0 Å². The maximum atomic E-state index is 12.5. The lowest BCUT2D eigenvalue weighted by Crippen LogP contribution is -2.30. The Kier molecular flexibility index (Phi) is 5.68. The summed E-state index contributed by atoms with van der Waals surface area (Å²) in [5.41, 5.74) is 2.14. The molecule has 5 heteroatoms. The molecule has 0 atom stereocenters. The van der Waals surface area contributed by atoms with E-state index >= 15 is 0 Å². The van der Waals surface area contributed by atoms with Crippen LogP contribution in [0.1, 0.15) is 11.1 Å². The number of phenolic OH excluding ortho intramolecular Hbond substituents is 1. The Morgan fingerprint density at radius 1 is 1.08 bits per heavy atom. The van der Waals surface area contributed by atoms with Gasteiger partial charge >= 0.3 is 0 Å². The van der Waals surface area contributed by atoms with E-state index in [0.29, 0.717) is 22.2 Å². The summed E-state index contributed by atoms with van der Waals surface area (Å²) in [4.78, 5) is 14.8. The van der Waals surface area contributed by atoms with Crippen molar-refractivity contribution in [3.63, 3.8) is 0 Å². The number of hydrogen-bond donors (Lipinski definition) is 1. The number of hydrogen-bond acceptors (Lipinski definition) is 4. The number of amides is 1. The molecule has 1 N–H and O–H groups in total. The van der Waals surface area contributed by atoms with Crippen LogP contribution in [0, 0.1) is 0 Å². The van der Waals surface area contributed by atoms with Crippen molar-refractivity contribution in [1.29, 1.82) is 0 Å². The molecular formula is C20H17NO2S2. The van der Waals surface area contributed by atoms with E-state index in [2.05, 4.69) is 0 Å². The smallest absolute Gasteiger partial charge is 0.266 e. The Bertz CT molecular complexity index is 827. The van der Waals surface area contributed by atoms with Crippen molar-refractivity contribution in [2.75, 3.05) is 6.54 Å². The number of rotatable bonds is 5. The van der Waals surface area contributed by atoms with Gasteiger partial charge in [0.2, 0.25) is 0 Å². The van der Waals surface area contributed by atoms with Gasteiger partial charge in [-0.2, -0.15) is 0 Å². The first-order chi connectivity index (χ1) is 12.1. The van der Waals surface area contributed by atoms with Crippen molar-refractivity contribution >= 4 is 40.3 Å². The molecule has 2 aromatic carbocycles. The molecular weight excluding hydrogens is 350 g/mol. The third-order valence-corrected chi connectivity index (χ3v) is 5.17. The second-order valence-electron chi connectivity index (χ2n) is 5.54. The van der Waals surface area contributed by atoms with Crippen LogP contribution in [0.5, 0.6) is 5.75 Å². The Balaban J connectivity index is 1.62. The topological polar surface area (TPSA) is 40.5 Å². The van der Waals surface area contributed by atoms with Crippen molar-refractivity contribution < 1.29 is 9.90 Å². The summed E-state index contributed by atoms with van der Waals surface area (Å²) in [5, 5.41) is 9.32. The van der Waals surface area contributed by atoms with Gasteiger partial charge in [0.25, 0.3) is 5.91 Å². The van der Waals surface area contributed by atoms with Gasteiger partial charge in [0, 0.05) is 6.54 Å². The fourth-order valence-electron chi connectivity index (χ4n) is 2.42. The number of thioether (sulfide) groups is 1. The molecule has 1 amide bonds. The average Bonchev–Trinajstić information content (AvgIpc) is 2.89. The molecule has 2 aromatic rings. The molecule has 3 rings (SSSR count). The molecule has 1 heterocycles. The summed E-state index contributed by atoms with van der Waals surface area (Å²) < 4.78 is 0.586. The Morgan fingerprint density at radius 3 is 2.52 bits per heavy atom. The lowest BCUT2D eigenvalue weighted by molar-refractivity contribution is -0.122. The van der Waals surface area contributed by atoms with Gasteiger partial charge in [-0.15, -0.1) is 0 Å². The van der Waals surface area contributed by atoms with Crippen LogP contribution in [0.15, 0.2) is 71.7 Å². The van der Waals surface area contributed by atoms with Crippen LogP contribution in [-0.2, 0) is 11.2 Å². The van der Waals surface area contributed by atoms with Crippen LogP contribution in [0.25, 0.3) is 6.08 Å². The predicted molar refractivity (Wildman–Crippen MR) is 107 cm³/mol. The van der Waals surface area contributed by atoms with Gasteiger partial charge in [0.05, 0.1) is 4.91 Å². The second-order valence-corrected chi connectivity index (χ2v) is 7.22. The maximum absolute atomic E-state index is 12.5. The van der Waals surface area contributed by atoms with Crippen LogP contribution in [0.2, 0.25) is 0 Å². The lowest BCUT2D eigenvalue weighted by Gasteiger charge is -2.14. The molecule has 1 aliphatic heterocycles. The normalized spacial score (nSPS) is 16.3. The highest BCUT2D eigenvalue weighted by atomic mass is 32.2. The van der Waals surface area contributed by atoms with Crippen molar-refractivity contribution in [3.8, 4) is 5.75 Å². The molecule has 0 unspecified atom stereocenters. The van der Waals surface area contributed by atoms with Crippen LogP contribution in [0.3, 0.4) is 0 Å². The third kappa shape index (κ3) is 4.59. The lowest BCUT2D eigenvalue weighted by atomic mass is 10.1. The maximum Gasteiger partial charge on any atom is 0.266 e. The second kappa shape index (κ2) is 8.14. The highest BCUT2D eigenvalue weighted by molar-refractivity contribution is 8.26. The van der Waals surface area contributed by atoms with E-state index in [4.69, 9.17) is 12.2 Å². The summed E-state index contributed by atoms with van der Waals surface area (Å²) in [5.74, 6) is 0.189. The fourth-order valence-corrected chi connectivity index (χ4v) is 3.68. The van der Waals surface area contributed by atoms with Crippen LogP contribution >= 0.6 is 24.0 Å². The first-order valence-corrected chi connectivity index (χ1v) is 9.11. The highest BCUT2D eigenvalue weighted by Gasteiger charge is 2.31. The molecule has 0 saturated carbocycles. The highest BCUT2D eigenvalue weighted by Crippen LogP contribution is 2.31. The minimum atomic E-state index is -0.0495. The largest absolute Gasteiger partial charge is 0.508 e. The molecule has 0 aliphatic carbocycles.